The number of carbonyl (C=O) groups excluding carboxylic acids is 1. The number of rotatable bonds is 9. The summed E-state index contributed by atoms with van der Waals surface area (Å²) in [6.07, 6.45) is 0.636. The highest BCUT2D eigenvalue weighted by atomic mass is 19.1. The second-order valence-electron chi connectivity index (χ2n) is 11.3. The Morgan fingerprint density at radius 2 is 1.85 bits per heavy atom. The van der Waals surface area contributed by atoms with Crippen LogP contribution < -0.4 is 5.73 Å². The van der Waals surface area contributed by atoms with Gasteiger partial charge in [0.1, 0.15) is 12.0 Å². The molecule has 1 aliphatic rings. The number of nitrogens with two attached hydrogens (primary N) is 1. The molecule has 0 saturated carbocycles. The summed E-state index contributed by atoms with van der Waals surface area (Å²) in [6.45, 7) is 6.79. The van der Waals surface area contributed by atoms with Crippen LogP contribution in [0, 0.1) is 5.41 Å². The summed E-state index contributed by atoms with van der Waals surface area (Å²) in [6, 6.07) is 19.2. The topological polar surface area (TPSA) is 96.9 Å². The van der Waals surface area contributed by atoms with Gasteiger partial charge in [-0.15, -0.1) is 5.06 Å². The van der Waals surface area contributed by atoms with E-state index in [2.05, 4.69) is 0 Å². The van der Waals surface area contributed by atoms with Crippen LogP contribution in [0.2, 0.25) is 0 Å². The number of carbonyl (C=O) groups is 1. The number of piperidine rings is 1. The maximum absolute atomic E-state index is 14.9. The van der Waals surface area contributed by atoms with Crippen molar-refractivity contribution in [1.29, 1.82) is 0 Å². The first kappa shape index (κ1) is 28.7. The number of aromatic nitrogens is 2. The van der Waals surface area contributed by atoms with Gasteiger partial charge in [-0.3, -0.25) is 4.90 Å². The molecule has 3 N–H and O–H groups in total. The highest BCUT2D eigenvalue weighted by Gasteiger charge is 2.41. The Bertz CT molecular complexity index is 1200. The molecule has 3 atom stereocenters. The fourth-order valence-corrected chi connectivity index (χ4v) is 5.04. The summed E-state index contributed by atoms with van der Waals surface area (Å²) in [7, 11) is 0. The molecule has 2 heterocycles. The molecule has 1 saturated heterocycles. The largest absolute Gasteiger partial charge is 0.429 e. The summed E-state index contributed by atoms with van der Waals surface area (Å²) in [5.41, 5.74) is 7.91. The van der Waals surface area contributed by atoms with Crippen LogP contribution in [0.1, 0.15) is 51.0 Å². The third kappa shape index (κ3) is 7.44. The zero-order chi connectivity index (χ0) is 28.0. The molecule has 8 nitrogen and oxygen atoms in total. The van der Waals surface area contributed by atoms with Gasteiger partial charge < -0.3 is 20.2 Å². The highest BCUT2D eigenvalue weighted by molar-refractivity contribution is 5.68. The molecule has 0 spiro atoms. The minimum atomic E-state index is -1.44. The van der Waals surface area contributed by atoms with Crippen molar-refractivity contribution in [2.24, 2.45) is 11.1 Å². The van der Waals surface area contributed by atoms with E-state index in [4.69, 9.17) is 15.6 Å². The second kappa shape index (κ2) is 12.7. The van der Waals surface area contributed by atoms with Crippen molar-refractivity contribution in [2.75, 3.05) is 26.2 Å². The number of aliphatic hydroxyl groups is 1. The molecular formula is C30H40FN5O3. The summed E-state index contributed by atoms with van der Waals surface area (Å²) < 4.78 is 16.9. The number of imidazole rings is 1. The van der Waals surface area contributed by atoms with Crippen molar-refractivity contribution >= 4 is 6.09 Å². The van der Waals surface area contributed by atoms with Crippen molar-refractivity contribution in [1.82, 2.24) is 19.5 Å². The molecule has 1 fully saturated rings. The lowest BCUT2D eigenvalue weighted by atomic mass is 9.84. The molecular weight excluding hydrogens is 497 g/mol. The van der Waals surface area contributed by atoms with Crippen LogP contribution in [0.25, 0.3) is 11.3 Å². The van der Waals surface area contributed by atoms with E-state index in [1.807, 2.05) is 92.2 Å². The van der Waals surface area contributed by atoms with Crippen LogP contribution in [0.3, 0.4) is 0 Å². The Labute approximate surface area is 230 Å². The van der Waals surface area contributed by atoms with Crippen LogP contribution in [0.15, 0.2) is 66.9 Å². The molecule has 4 rings (SSSR count). The first-order chi connectivity index (χ1) is 18.7. The molecule has 0 aliphatic carbocycles. The second-order valence-corrected chi connectivity index (χ2v) is 11.3. The van der Waals surface area contributed by atoms with Crippen LogP contribution in [-0.2, 0) is 11.4 Å². The van der Waals surface area contributed by atoms with Crippen LogP contribution in [0.5, 0.6) is 0 Å². The first-order valence-corrected chi connectivity index (χ1v) is 13.6. The van der Waals surface area contributed by atoms with E-state index in [0.717, 1.165) is 16.8 Å². The Balaban J connectivity index is 1.78. The van der Waals surface area contributed by atoms with Gasteiger partial charge in [0.2, 0.25) is 0 Å². The summed E-state index contributed by atoms with van der Waals surface area (Å²) >= 11 is 0. The number of aliphatic hydroxyl groups excluding tert-OH is 1. The average molecular weight is 538 g/mol. The van der Waals surface area contributed by atoms with E-state index in [1.165, 1.54) is 9.96 Å². The number of hydrogen-bond donors (Lipinski definition) is 2. The van der Waals surface area contributed by atoms with Gasteiger partial charge in [0.15, 0.2) is 0 Å². The summed E-state index contributed by atoms with van der Waals surface area (Å²) in [5, 5.41) is 11.5. The lowest BCUT2D eigenvalue weighted by Crippen LogP contribution is -2.49. The first-order valence-electron chi connectivity index (χ1n) is 13.6. The third-order valence-electron chi connectivity index (χ3n) is 6.90. The van der Waals surface area contributed by atoms with Crippen molar-refractivity contribution in [2.45, 2.75) is 58.5 Å². The molecule has 39 heavy (non-hydrogen) atoms. The Hall–Kier alpha value is -3.27. The molecule has 2 aromatic carbocycles. The van der Waals surface area contributed by atoms with Gasteiger partial charge in [0.05, 0.1) is 30.9 Å². The normalized spacial score (nSPS) is 17.9. The van der Waals surface area contributed by atoms with E-state index in [9.17, 15) is 14.3 Å². The quantitative estimate of drug-likeness (QED) is 0.407. The number of amides is 1. The smallest absolute Gasteiger partial charge is 0.392 e. The van der Waals surface area contributed by atoms with Gasteiger partial charge in [-0.1, -0.05) is 81.4 Å². The standard InChI is InChI=1S/C30H40FN5O3/c1-30(2,3)27(36(19-24(31)17-32)29(38)39-35-16-10-15-25(37)20-35)28-33-26(23-13-8-5-9-14-23)21-34(28)18-22-11-6-4-7-12-22/h4-9,11-14,21,24-25,27,37H,10,15-20,32H2,1-3H3/t24?,25-,27+/m1/s1. The Morgan fingerprint density at radius 1 is 1.18 bits per heavy atom. The molecule has 3 aromatic rings. The number of hydroxylamine groups is 2. The third-order valence-corrected chi connectivity index (χ3v) is 6.90. The zero-order valence-electron chi connectivity index (χ0n) is 23.0. The zero-order valence-corrected chi connectivity index (χ0v) is 23.0. The van der Waals surface area contributed by atoms with Crippen LogP contribution >= 0.6 is 0 Å². The Morgan fingerprint density at radius 3 is 2.46 bits per heavy atom. The highest BCUT2D eigenvalue weighted by Crippen LogP contribution is 2.39. The van der Waals surface area contributed by atoms with E-state index in [-0.39, 0.29) is 19.6 Å². The number of β-amino-alcohol motifs (C(OH)–C–C–N with tert-alkyl or cyclic N) is 1. The minimum Gasteiger partial charge on any atom is -0.392 e. The maximum atomic E-state index is 14.9. The number of halogens is 1. The average Bonchev–Trinajstić information content (AvgIpc) is 3.31. The maximum Gasteiger partial charge on any atom is 0.429 e. The summed E-state index contributed by atoms with van der Waals surface area (Å²) in [4.78, 5) is 25.9. The SMILES string of the molecule is CC(C)(C)[C@H](c1nc(-c2ccccc2)cn1Cc1ccccc1)N(CC(F)CN)C(=O)ON1CCC[C@@H](O)C1. The number of alkyl halides is 1. The number of nitrogens with zero attached hydrogens (tertiary/aromatic N) is 4. The Kier molecular flexibility index (Phi) is 9.37. The van der Waals surface area contributed by atoms with Crippen LogP contribution in [0.4, 0.5) is 9.18 Å². The number of hydrogen-bond acceptors (Lipinski definition) is 6. The van der Waals surface area contributed by atoms with E-state index < -0.39 is 29.8 Å². The van der Waals surface area contributed by atoms with E-state index in [0.29, 0.717) is 31.8 Å². The van der Waals surface area contributed by atoms with Crippen LogP contribution in [-0.4, -0.2) is 69.2 Å². The molecule has 1 unspecified atom stereocenters. The van der Waals surface area contributed by atoms with E-state index in [1.54, 1.807) is 0 Å². The van der Waals surface area contributed by atoms with Gasteiger partial charge in [0.25, 0.3) is 0 Å². The van der Waals surface area contributed by atoms with Gasteiger partial charge in [-0.05, 0) is 23.8 Å². The fraction of sp³-hybridized carbons (Fsp3) is 0.467. The predicted octanol–water partition coefficient (Wildman–Crippen LogP) is 4.79. The predicted molar refractivity (Wildman–Crippen MR) is 149 cm³/mol. The van der Waals surface area contributed by atoms with Gasteiger partial charge in [-0.25, -0.2) is 14.2 Å². The van der Waals surface area contributed by atoms with Crippen molar-refractivity contribution in [3.63, 3.8) is 0 Å². The molecule has 1 amide bonds. The van der Waals surface area contributed by atoms with Gasteiger partial charge in [0, 0.05) is 31.4 Å². The monoisotopic (exact) mass is 537 g/mol. The minimum absolute atomic E-state index is 0.219. The van der Waals surface area contributed by atoms with Crippen molar-refractivity contribution < 1.29 is 19.1 Å². The molecule has 0 radical (unpaired) electrons. The van der Waals surface area contributed by atoms with Gasteiger partial charge >= 0.3 is 6.09 Å². The number of benzene rings is 2. The lowest BCUT2D eigenvalue weighted by Gasteiger charge is -2.40. The molecule has 9 heteroatoms. The van der Waals surface area contributed by atoms with Crippen molar-refractivity contribution in [3.8, 4) is 11.3 Å². The lowest BCUT2D eigenvalue weighted by molar-refractivity contribution is -0.150. The van der Waals surface area contributed by atoms with E-state index >= 15 is 0 Å². The van der Waals surface area contributed by atoms with Crippen molar-refractivity contribution in [3.05, 3.63) is 78.2 Å². The summed E-state index contributed by atoms with van der Waals surface area (Å²) in [5.74, 6) is 0.630. The molecule has 1 aliphatic heterocycles. The molecule has 0 bridgehead atoms. The molecule has 1 aromatic heterocycles. The molecule has 210 valence electrons. The van der Waals surface area contributed by atoms with Gasteiger partial charge in [-0.2, -0.15) is 0 Å². The fourth-order valence-electron chi connectivity index (χ4n) is 5.04.